The van der Waals surface area contributed by atoms with Crippen LogP contribution >= 0.6 is 0 Å². The molecule has 6 nitrogen and oxygen atoms in total. The molecule has 4 aliphatic carbocycles. The molecular formula is C23H36N2O4. The Morgan fingerprint density at radius 2 is 1.79 bits per heavy atom. The van der Waals surface area contributed by atoms with Gasteiger partial charge in [0.2, 0.25) is 0 Å². The van der Waals surface area contributed by atoms with Gasteiger partial charge in [0.1, 0.15) is 18.0 Å². The lowest BCUT2D eigenvalue weighted by Gasteiger charge is -2.65. The fourth-order valence-corrected chi connectivity index (χ4v) is 7.75. The molecule has 0 aromatic carbocycles. The first-order valence-electron chi connectivity index (χ1n) is 11.2. The Kier molecular flexibility index (Phi) is 4.78. The Morgan fingerprint density at radius 1 is 1.07 bits per heavy atom. The summed E-state index contributed by atoms with van der Waals surface area (Å²) in [5.41, 5.74) is 3.18. The van der Waals surface area contributed by atoms with Crippen molar-refractivity contribution in [3.8, 4) is 0 Å². The van der Waals surface area contributed by atoms with Crippen molar-refractivity contribution >= 4 is 17.3 Å². The third kappa shape index (κ3) is 2.51. The molecular weight excluding hydrogens is 368 g/mol. The lowest BCUT2D eigenvalue weighted by Crippen LogP contribution is -2.73. The van der Waals surface area contributed by atoms with E-state index in [0.29, 0.717) is 44.6 Å². The molecule has 0 bridgehead atoms. The summed E-state index contributed by atoms with van der Waals surface area (Å²) < 4.78 is 0. The average molecular weight is 405 g/mol. The van der Waals surface area contributed by atoms with Crippen molar-refractivity contribution in [3.05, 3.63) is 0 Å². The number of nitrogens with zero attached hydrogens (tertiary/aromatic N) is 1. The van der Waals surface area contributed by atoms with Crippen LogP contribution in [-0.4, -0.2) is 41.1 Å². The first-order chi connectivity index (χ1) is 13.5. The fraction of sp³-hybridized carbons (Fsp3) is 0.870. The zero-order chi connectivity index (χ0) is 21.2. The van der Waals surface area contributed by atoms with Crippen LogP contribution < -0.4 is 5.73 Å². The molecule has 0 spiro atoms. The molecule has 0 aromatic rings. The van der Waals surface area contributed by atoms with E-state index < -0.39 is 16.4 Å². The number of rotatable bonds is 3. The Morgan fingerprint density at radius 3 is 2.48 bits per heavy atom. The molecule has 0 radical (unpaired) electrons. The molecule has 3 N–H and O–H groups in total. The van der Waals surface area contributed by atoms with Gasteiger partial charge in [-0.25, -0.2) is 0 Å². The average Bonchev–Trinajstić information content (AvgIpc) is 2.96. The molecule has 0 saturated heterocycles. The van der Waals surface area contributed by atoms with Gasteiger partial charge in [0, 0.05) is 35.6 Å². The van der Waals surface area contributed by atoms with Gasteiger partial charge in [-0.05, 0) is 49.9 Å². The summed E-state index contributed by atoms with van der Waals surface area (Å²) in [5, 5.41) is 16.4. The summed E-state index contributed by atoms with van der Waals surface area (Å²) in [6.07, 6.45) is 5.09. The number of nitrogens with two attached hydrogens (primary N) is 1. The highest BCUT2D eigenvalue weighted by Gasteiger charge is 2.72. The number of hydrogen-bond donors (Lipinski definition) is 2. The Labute approximate surface area is 173 Å². The molecule has 162 valence electrons. The lowest BCUT2D eigenvalue weighted by molar-refractivity contribution is -0.217. The maximum Gasteiger partial charge on any atom is 0.166 e. The van der Waals surface area contributed by atoms with Crippen molar-refractivity contribution in [2.24, 2.45) is 44.9 Å². The topological polar surface area (TPSA) is 102 Å². The second kappa shape index (κ2) is 6.61. The SMILES string of the molecule is CC1(C)/C(=N/OCCN)CC[C@]2(C)[C@H]3CC[C@]4(C)C(=O)CC[C@H]4[C@@H]3CC(=O)[C@@]12O. The molecule has 0 heterocycles. The molecule has 6 heteroatoms. The molecule has 29 heavy (non-hydrogen) atoms. The summed E-state index contributed by atoms with van der Waals surface area (Å²) in [6.45, 7) is 8.78. The molecule has 6 atom stereocenters. The Hall–Kier alpha value is -1.27. The van der Waals surface area contributed by atoms with Crippen LogP contribution in [0.25, 0.3) is 0 Å². The van der Waals surface area contributed by atoms with Gasteiger partial charge < -0.3 is 15.7 Å². The zero-order valence-corrected chi connectivity index (χ0v) is 18.3. The molecule has 0 unspecified atom stereocenters. The quantitative estimate of drug-likeness (QED) is 0.556. The maximum atomic E-state index is 13.6. The number of carbonyl (C=O) groups excluding carboxylic acids is 2. The van der Waals surface area contributed by atoms with Gasteiger partial charge in [-0.3, -0.25) is 9.59 Å². The van der Waals surface area contributed by atoms with Crippen molar-refractivity contribution in [1.29, 1.82) is 0 Å². The first-order valence-corrected chi connectivity index (χ1v) is 11.2. The highest BCUT2D eigenvalue weighted by atomic mass is 16.6. The lowest BCUT2D eigenvalue weighted by atomic mass is 9.39. The summed E-state index contributed by atoms with van der Waals surface area (Å²) in [5.74, 6) is 1.00. The second-order valence-electron chi connectivity index (χ2n) is 10.8. The summed E-state index contributed by atoms with van der Waals surface area (Å²) in [4.78, 5) is 31.6. The van der Waals surface area contributed by atoms with Crippen molar-refractivity contribution in [3.63, 3.8) is 0 Å². The van der Waals surface area contributed by atoms with E-state index in [1.165, 1.54) is 0 Å². The predicted octanol–water partition coefficient (Wildman–Crippen LogP) is 2.86. The number of ketones is 2. The molecule has 4 aliphatic rings. The number of Topliss-reactive ketones (excluding diaryl/α,β-unsaturated/α-hetero) is 2. The van der Waals surface area contributed by atoms with Crippen LogP contribution in [0, 0.1) is 34.0 Å². The van der Waals surface area contributed by atoms with Crippen molar-refractivity contribution < 1.29 is 19.5 Å². The van der Waals surface area contributed by atoms with Gasteiger partial charge in [-0.2, -0.15) is 0 Å². The Balaban J connectivity index is 1.72. The minimum absolute atomic E-state index is 0.0823. The van der Waals surface area contributed by atoms with Crippen LogP contribution in [0.2, 0.25) is 0 Å². The van der Waals surface area contributed by atoms with E-state index >= 15 is 0 Å². The van der Waals surface area contributed by atoms with Crippen molar-refractivity contribution in [1.82, 2.24) is 0 Å². The van der Waals surface area contributed by atoms with Gasteiger partial charge in [-0.1, -0.05) is 32.9 Å². The zero-order valence-electron chi connectivity index (χ0n) is 18.3. The van der Waals surface area contributed by atoms with E-state index in [2.05, 4.69) is 19.0 Å². The second-order valence-corrected chi connectivity index (χ2v) is 10.8. The van der Waals surface area contributed by atoms with E-state index in [9.17, 15) is 14.7 Å². The normalized spacial score (nSPS) is 47.5. The van der Waals surface area contributed by atoms with Gasteiger partial charge in [0.05, 0.1) is 5.71 Å². The van der Waals surface area contributed by atoms with Gasteiger partial charge >= 0.3 is 0 Å². The molecule has 0 amide bonds. The molecule has 4 saturated carbocycles. The van der Waals surface area contributed by atoms with Crippen LogP contribution in [0.15, 0.2) is 5.16 Å². The Bertz CT molecular complexity index is 762. The van der Waals surface area contributed by atoms with Gasteiger partial charge in [-0.15, -0.1) is 0 Å². The third-order valence-electron chi connectivity index (χ3n) is 9.51. The van der Waals surface area contributed by atoms with E-state index in [1.807, 2.05) is 13.8 Å². The minimum Gasteiger partial charge on any atom is -0.394 e. The third-order valence-corrected chi connectivity index (χ3v) is 9.51. The standard InChI is InChI=1S/C23H36N2O4/c1-20(2)17(25-29-12-11-24)8-10-22(4)16-7-9-21(3)15(5-6-18(21)26)14(16)13-19(27)23(20,22)28/h14-16,28H,5-13,24H2,1-4H3/b25-17+/t14-,15-,16-,21-,22+,23+/m0/s1. The van der Waals surface area contributed by atoms with Gasteiger partial charge in [0.25, 0.3) is 0 Å². The minimum atomic E-state index is -1.47. The predicted molar refractivity (Wildman–Crippen MR) is 110 cm³/mol. The highest BCUT2D eigenvalue weighted by Crippen LogP contribution is 2.68. The molecule has 4 fully saturated rings. The van der Waals surface area contributed by atoms with Gasteiger partial charge in [0.15, 0.2) is 5.78 Å². The number of carbonyl (C=O) groups is 2. The summed E-state index contributed by atoms with van der Waals surface area (Å²) in [6, 6.07) is 0. The highest BCUT2D eigenvalue weighted by molar-refractivity contribution is 6.02. The number of oxime groups is 1. The van der Waals surface area contributed by atoms with E-state index in [0.717, 1.165) is 25.0 Å². The summed E-state index contributed by atoms with van der Waals surface area (Å²) in [7, 11) is 0. The van der Waals surface area contributed by atoms with Crippen molar-refractivity contribution in [2.45, 2.75) is 78.2 Å². The van der Waals surface area contributed by atoms with Crippen LogP contribution in [0.1, 0.15) is 72.6 Å². The largest absolute Gasteiger partial charge is 0.394 e. The van der Waals surface area contributed by atoms with E-state index in [4.69, 9.17) is 10.6 Å². The number of aliphatic hydroxyl groups is 1. The van der Waals surface area contributed by atoms with Crippen LogP contribution in [-0.2, 0) is 14.4 Å². The van der Waals surface area contributed by atoms with Crippen LogP contribution in [0.3, 0.4) is 0 Å². The number of fused-ring (bicyclic) bond motifs is 5. The molecule has 0 aliphatic heterocycles. The maximum absolute atomic E-state index is 13.6. The van der Waals surface area contributed by atoms with Crippen LogP contribution in [0.4, 0.5) is 0 Å². The summed E-state index contributed by atoms with van der Waals surface area (Å²) >= 11 is 0. The van der Waals surface area contributed by atoms with E-state index in [-0.39, 0.29) is 29.0 Å². The fourth-order valence-electron chi connectivity index (χ4n) is 7.75. The number of hydrogen-bond acceptors (Lipinski definition) is 6. The first kappa shape index (κ1) is 21.0. The van der Waals surface area contributed by atoms with Crippen LogP contribution in [0.5, 0.6) is 0 Å². The van der Waals surface area contributed by atoms with E-state index in [1.54, 1.807) is 0 Å². The smallest absolute Gasteiger partial charge is 0.166 e. The van der Waals surface area contributed by atoms with Crippen molar-refractivity contribution in [2.75, 3.05) is 13.2 Å². The molecule has 4 rings (SSSR count). The molecule has 0 aromatic heterocycles. The monoisotopic (exact) mass is 404 g/mol.